The van der Waals surface area contributed by atoms with E-state index in [-0.39, 0.29) is 31.2 Å². The molecule has 0 saturated carbocycles. The summed E-state index contributed by atoms with van der Waals surface area (Å²) in [6, 6.07) is 8.18. The van der Waals surface area contributed by atoms with Crippen LogP contribution in [0.4, 0.5) is 0 Å². The largest absolute Gasteiger partial charge is 0.368 e. The molecule has 2 atom stereocenters. The molecule has 0 spiro atoms. The molecule has 0 unspecified atom stereocenters. The molecule has 0 radical (unpaired) electrons. The van der Waals surface area contributed by atoms with Crippen molar-refractivity contribution in [1.29, 1.82) is 0 Å². The smallest absolute Gasteiger partial charge is 0.249 e. The van der Waals surface area contributed by atoms with E-state index in [1.54, 1.807) is 4.90 Å². The lowest BCUT2D eigenvalue weighted by Gasteiger charge is -2.35. The van der Waals surface area contributed by atoms with Gasteiger partial charge in [0.15, 0.2) is 0 Å². The number of nitrogens with zero attached hydrogens (tertiary/aromatic N) is 2. The molecule has 2 heterocycles. The predicted octanol–water partition coefficient (Wildman–Crippen LogP) is -0.108. The molecule has 2 fully saturated rings. The quantitative estimate of drug-likeness (QED) is 0.842. The second-order valence-corrected chi connectivity index (χ2v) is 6.03. The van der Waals surface area contributed by atoms with Gasteiger partial charge in [-0.1, -0.05) is 24.3 Å². The van der Waals surface area contributed by atoms with E-state index in [9.17, 15) is 9.59 Å². The van der Waals surface area contributed by atoms with E-state index >= 15 is 0 Å². The van der Waals surface area contributed by atoms with Gasteiger partial charge in [0.25, 0.3) is 0 Å². The fourth-order valence-corrected chi connectivity index (χ4v) is 3.27. The molecule has 6 heteroatoms. The predicted molar refractivity (Wildman–Crippen MR) is 80.9 cm³/mol. The summed E-state index contributed by atoms with van der Waals surface area (Å²) < 4.78 is 5.64. The number of benzene rings is 1. The minimum absolute atomic E-state index is 0.0262. The molecule has 22 heavy (non-hydrogen) atoms. The third kappa shape index (κ3) is 2.98. The van der Waals surface area contributed by atoms with Gasteiger partial charge in [0.1, 0.15) is 6.61 Å². The van der Waals surface area contributed by atoms with Gasteiger partial charge in [-0.2, -0.15) is 0 Å². The number of rotatable bonds is 4. The van der Waals surface area contributed by atoms with Crippen molar-refractivity contribution < 1.29 is 14.3 Å². The van der Waals surface area contributed by atoms with E-state index in [2.05, 4.69) is 24.0 Å². The van der Waals surface area contributed by atoms with Gasteiger partial charge < -0.3 is 15.4 Å². The van der Waals surface area contributed by atoms with Crippen molar-refractivity contribution >= 4 is 11.8 Å². The Morgan fingerprint density at radius 1 is 1.36 bits per heavy atom. The van der Waals surface area contributed by atoms with Gasteiger partial charge in [-0.25, -0.2) is 0 Å². The summed E-state index contributed by atoms with van der Waals surface area (Å²) in [4.78, 5) is 27.0. The third-order valence-corrected chi connectivity index (χ3v) is 4.44. The molecule has 2 amide bonds. The van der Waals surface area contributed by atoms with Crippen LogP contribution in [-0.2, 0) is 20.9 Å². The molecule has 6 nitrogen and oxygen atoms in total. The van der Waals surface area contributed by atoms with E-state index in [4.69, 9.17) is 10.5 Å². The van der Waals surface area contributed by atoms with Crippen LogP contribution >= 0.6 is 0 Å². The third-order valence-electron chi connectivity index (χ3n) is 4.44. The van der Waals surface area contributed by atoms with Crippen LogP contribution < -0.4 is 5.73 Å². The monoisotopic (exact) mass is 303 g/mol. The molecule has 118 valence electrons. The SMILES string of the molecule is Cc1ccccc1CN1C[C@@H]2OCC(=O)N(CC(N)=O)[C@@H]2C1. The molecular weight excluding hydrogens is 282 g/mol. The van der Waals surface area contributed by atoms with Gasteiger partial charge in [0.2, 0.25) is 11.8 Å². The van der Waals surface area contributed by atoms with Gasteiger partial charge in [-0.3, -0.25) is 14.5 Å². The molecule has 2 N–H and O–H groups in total. The summed E-state index contributed by atoms with van der Waals surface area (Å²) in [6.45, 7) is 4.40. The Bertz CT molecular complexity index is 590. The van der Waals surface area contributed by atoms with Crippen LogP contribution in [0.2, 0.25) is 0 Å². The maximum absolute atomic E-state index is 12.0. The highest BCUT2D eigenvalue weighted by Gasteiger charge is 2.43. The Balaban J connectivity index is 1.70. The Labute approximate surface area is 129 Å². The normalized spacial score (nSPS) is 25.3. The number of morpholine rings is 1. The van der Waals surface area contributed by atoms with Crippen molar-refractivity contribution in [2.24, 2.45) is 5.73 Å². The van der Waals surface area contributed by atoms with Crippen LogP contribution in [0.15, 0.2) is 24.3 Å². The van der Waals surface area contributed by atoms with Crippen molar-refractivity contribution in [3.05, 3.63) is 35.4 Å². The van der Waals surface area contributed by atoms with Crippen LogP contribution in [-0.4, -0.2) is 60.0 Å². The number of ether oxygens (including phenoxy) is 1. The van der Waals surface area contributed by atoms with Crippen molar-refractivity contribution in [2.75, 3.05) is 26.2 Å². The zero-order valence-corrected chi connectivity index (χ0v) is 12.7. The van der Waals surface area contributed by atoms with Gasteiger partial charge in [-0.05, 0) is 18.1 Å². The highest BCUT2D eigenvalue weighted by Crippen LogP contribution is 2.25. The van der Waals surface area contributed by atoms with Crippen molar-refractivity contribution in [3.63, 3.8) is 0 Å². The Morgan fingerprint density at radius 3 is 2.86 bits per heavy atom. The van der Waals surface area contributed by atoms with E-state index < -0.39 is 5.91 Å². The number of aryl methyl sites for hydroxylation is 1. The molecule has 1 aromatic carbocycles. The highest BCUT2D eigenvalue weighted by molar-refractivity contribution is 5.85. The van der Waals surface area contributed by atoms with Crippen LogP contribution in [0.25, 0.3) is 0 Å². The summed E-state index contributed by atoms with van der Waals surface area (Å²) in [6.07, 6.45) is -0.0407. The molecule has 1 aromatic rings. The standard InChI is InChI=1S/C16H21N3O3/c1-11-4-2-3-5-12(11)6-18-7-13-14(8-18)22-10-16(21)19(13)9-15(17)20/h2-5,13-14H,6-10H2,1H3,(H2,17,20)/t13-,14+/m1/s1. The number of amides is 2. The fourth-order valence-electron chi connectivity index (χ4n) is 3.27. The average molecular weight is 303 g/mol. The minimum Gasteiger partial charge on any atom is -0.368 e. The second-order valence-electron chi connectivity index (χ2n) is 6.03. The van der Waals surface area contributed by atoms with Crippen molar-refractivity contribution in [2.45, 2.75) is 25.6 Å². The lowest BCUT2D eigenvalue weighted by molar-refractivity contribution is -0.155. The Hall–Kier alpha value is -1.92. The van der Waals surface area contributed by atoms with E-state index in [1.165, 1.54) is 11.1 Å². The van der Waals surface area contributed by atoms with Crippen LogP contribution in [0, 0.1) is 6.92 Å². The van der Waals surface area contributed by atoms with E-state index in [0.29, 0.717) is 6.54 Å². The summed E-state index contributed by atoms with van der Waals surface area (Å²) >= 11 is 0. The van der Waals surface area contributed by atoms with Gasteiger partial charge in [0.05, 0.1) is 18.7 Å². The number of nitrogens with two attached hydrogens (primary N) is 1. The number of hydrogen-bond acceptors (Lipinski definition) is 4. The van der Waals surface area contributed by atoms with E-state index in [1.807, 2.05) is 12.1 Å². The average Bonchev–Trinajstić information content (AvgIpc) is 2.87. The lowest BCUT2D eigenvalue weighted by atomic mass is 10.1. The summed E-state index contributed by atoms with van der Waals surface area (Å²) in [5.74, 6) is -0.635. The molecule has 2 saturated heterocycles. The number of hydrogen-bond donors (Lipinski definition) is 1. The first-order valence-corrected chi connectivity index (χ1v) is 7.51. The number of primary amides is 1. The zero-order chi connectivity index (χ0) is 15.7. The van der Waals surface area contributed by atoms with Crippen LogP contribution in [0.1, 0.15) is 11.1 Å². The minimum atomic E-state index is -0.480. The fraction of sp³-hybridized carbons (Fsp3) is 0.500. The van der Waals surface area contributed by atoms with Gasteiger partial charge in [-0.15, -0.1) is 0 Å². The Morgan fingerprint density at radius 2 is 2.14 bits per heavy atom. The summed E-state index contributed by atoms with van der Waals surface area (Å²) in [5, 5.41) is 0. The molecule has 0 aliphatic carbocycles. The Kier molecular flexibility index (Phi) is 4.13. The summed E-state index contributed by atoms with van der Waals surface area (Å²) in [7, 11) is 0. The first kappa shape index (κ1) is 15.0. The molecular formula is C16H21N3O3. The molecule has 0 bridgehead atoms. The number of fused-ring (bicyclic) bond motifs is 1. The molecule has 3 rings (SSSR count). The molecule has 0 aromatic heterocycles. The van der Waals surface area contributed by atoms with Gasteiger partial charge >= 0.3 is 0 Å². The molecule has 2 aliphatic rings. The number of likely N-dealkylation sites (tertiary alicyclic amines) is 1. The topological polar surface area (TPSA) is 75.9 Å². The zero-order valence-electron chi connectivity index (χ0n) is 12.7. The second kappa shape index (κ2) is 6.06. The maximum atomic E-state index is 12.0. The molecule has 2 aliphatic heterocycles. The summed E-state index contributed by atoms with van der Waals surface area (Å²) in [5.41, 5.74) is 7.78. The van der Waals surface area contributed by atoms with Crippen LogP contribution in [0.3, 0.4) is 0 Å². The number of carbonyl (C=O) groups excluding carboxylic acids is 2. The lowest BCUT2D eigenvalue weighted by Crippen LogP contribution is -2.56. The van der Waals surface area contributed by atoms with Crippen molar-refractivity contribution in [1.82, 2.24) is 9.80 Å². The first-order valence-electron chi connectivity index (χ1n) is 7.51. The first-order chi connectivity index (χ1) is 10.5. The highest BCUT2D eigenvalue weighted by atomic mass is 16.5. The number of carbonyl (C=O) groups is 2. The maximum Gasteiger partial charge on any atom is 0.249 e. The van der Waals surface area contributed by atoms with Crippen molar-refractivity contribution in [3.8, 4) is 0 Å². The van der Waals surface area contributed by atoms with Crippen LogP contribution in [0.5, 0.6) is 0 Å². The van der Waals surface area contributed by atoms with E-state index in [0.717, 1.165) is 13.1 Å². The van der Waals surface area contributed by atoms with Gasteiger partial charge in [0, 0.05) is 19.6 Å².